The molecule has 0 aliphatic rings. The fourth-order valence-corrected chi connectivity index (χ4v) is 4.90. The zero-order valence-electron chi connectivity index (χ0n) is 17.4. The Morgan fingerprint density at radius 1 is 0.839 bits per heavy atom. The van der Waals surface area contributed by atoms with Gasteiger partial charge < -0.3 is 0 Å². The van der Waals surface area contributed by atoms with E-state index in [1.165, 1.54) is 36.5 Å². The number of anilines is 2. The lowest BCUT2D eigenvalue weighted by Crippen LogP contribution is -2.15. The average Bonchev–Trinajstić information content (AvgIpc) is 2.73. The van der Waals surface area contributed by atoms with Gasteiger partial charge in [-0.2, -0.15) is 0 Å². The van der Waals surface area contributed by atoms with Crippen LogP contribution in [0.4, 0.5) is 11.5 Å². The van der Waals surface area contributed by atoms with Crippen molar-refractivity contribution in [2.45, 2.75) is 42.9 Å². The molecular weight excluding hydrogens is 436 g/mol. The number of nitrogens with zero attached hydrogens (tertiary/aromatic N) is 2. The van der Waals surface area contributed by atoms with Crippen molar-refractivity contribution in [1.82, 2.24) is 9.97 Å². The summed E-state index contributed by atoms with van der Waals surface area (Å²) in [5.74, 6) is 0.930. The predicted octanol–water partition coefficient (Wildman–Crippen LogP) is 3.90. The second kappa shape index (κ2) is 9.03. The van der Waals surface area contributed by atoms with Gasteiger partial charge in [-0.3, -0.25) is 9.44 Å². The molecule has 1 atom stereocenters. The Bertz CT molecular complexity index is 1260. The van der Waals surface area contributed by atoms with Crippen LogP contribution < -0.4 is 9.44 Å². The Balaban J connectivity index is 1.75. The molecule has 0 saturated carbocycles. The van der Waals surface area contributed by atoms with Crippen molar-refractivity contribution in [3.8, 4) is 0 Å². The maximum atomic E-state index is 12.7. The molecule has 164 valence electrons. The van der Waals surface area contributed by atoms with Crippen LogP contribution in [0, 0.1) is 6.92 Å². The summed E-state index contributed by atoms with van der Waals surface area (Å²) in [6.45, 7) is 5.81. The first-order valence-electron chi connectivity index (χ1n) is 9.66. The molecule has 0 saturated heterocycles. The number of hydrogen-bond donors (Lipinski definition) is 2. The summed E-state index contributed by atoms with van der Waals surface area (Å²) in [7, 11) is -7.67. The first-order chi connectivity index (χ1) is 14.6. The van der Waals surface area contributed by atoms with Crippen LogP contribution >= 0.6 is 0 Å². The summed E-state index contributed by atoms with van der Waals surface area (Å²) in [5, 5.41) is 0. The summed E-state index contributed by atoms with van der Waals surface area (Å²) in [4.78, 5) is 8.05. The van der Waals surface area contributed by atoms with Crippen LogP contribution in [-0.4, -0.2) is 26.8 Å². The quantitative estimate of drug-likeness (QED) is 0.526. The summed E-state index contributed by atoms with van der Waals surface area (Å²) in [6, 6.07) is 13.6. The summed E-state index contributed by atoms with van der Waals surface area (Å²) < 4.78 is 55.2. The Labute approximate surface area is 182 Å². The summed E-state index contributed by atoms with van der Waals surface area (Å²) >= 11 is 0. The molecule has 0 aliphatic heterocycles. The van der Waals surface area contributed by atoms with Gasteiger partial charge in [0, 0.05) is 11.9 Å². The highest BCUT2D eigenvalue weighted by Gasteiger charge is 2.18. The first kappa shape index (κ1) is 22.7. The zero-order chi connectivity index (χ0) is 22.6. The first-order valence-corrected chi connectivity index (χ1v) is 12.6. The van der Waals surface area contributed by atoms with Gasteiger partial charge in [-0.25, -0.2) is 26.8 Å². The van der Waals surface area contributed by atoms with Crippen LogP contribution in [0.25, 0.3) is 0 Å². The molecule has 0 spiro atoms. The average molecular weight is 461 g/mol. The third kappa shape index (κ3) is 5.59. The zero-order valence-corrected chi connectivity index (χ0v) is 19.0. The van der Waals surface area contributed by atoms with Gasteiger partial charge in [0.25, 0.3) is 20.0 Å². The number of aromatic nitrogens is 2. The van der Waals surface area contributed by atoms with Gasteiger partial charge in [0.15, 0.2) is 0 Å². The summed E-state index contributed by atoms with van der Waals surface area (Å²) in [5.41, 5.74) is 1.32. The molecular formula is C21H24N4O4S2. The van der Waals surface area contributed by atoms with E-state index in [9.17, 15) is 16.8 Å². The van der Waals surface area contributed by atoms with Crippen molar-refractivity contribution in [2.24, 2.45) is 0 Å². The fourth-order valence-electron chi connectivity index (χ4n) is 2.84. The van der Waals surface area contributed by atoms with E-state index in [0.717, 1.165) is 12.0 Å². The fraction of sp³-hybridized carbons (Fsp3) is 0.238. The second-order valence-electron chi connectivity index (χ2n) is 7.10. The molecule has 1 heterocycles. The van der Waals surface area contributed by atoms with E-state index in [-0.39, 0.29) is 21.3 Å². The minimum absolute atomic E-state index is 0.0235. The Morgan fingerprint density at radius 2 is 1.39 bits per heavy atom. The van der Waals surface area contributed by atoms with Gasteiger partial charge in [-0.05, 0) is 67.3 Å². The lowest BCUT2D eigenvalue weighted by atomic mass is 9.99. The largest absolute Gasteiger partial charge is 0.280 e. The molecule has 0 fully saturated rings. The molecule has 1 aromatic heterocycles. The highest BCUT2D eigenvalue weighted by Crippen LogP contribution is 2.23. The SMILES string of the molecule is CCC(C)c1ccc(S(=O)(=O)Nc2ccc(S(=O)(=O)Nc3ccnc(C)n3)cc2)cc1. The Kier molecular flexibility index (Phi) is 6.61. The van der Waals surface area contributed by atoms with Crippen LogP contribution in [0.1, 0.15) is 37.6 Å². The van der Waals surface area contributed by atoms with Crippen molar-refractivity contribution in [1.29, 1.82) is 0 Å². The molecule has 0 amide bonds. The van der Waals surface area contributed by atoms with Gasteiger partial charge in [-0.15, -0.1) is 0 Å². The van der Waals surface area contributed by atoms with Gasteiger partial charge in [0.05, 0.1) is 9.79 Å². The van der Waals surface area contributed by atoms with E-state index in [1.54, 1.807) is 31.2 Å². The standard InChI is InChI=1S/C21H24N4O4S2/c1-4-15(2)17-5-9-19(10-6-17)30(26,27)24-18-7-11-20(12-8-18)31(28,29)25-21-13-14-22-16(3)23-21/h5-15,24H,4H2,1-3H3,(H,22,23,25). The molecule has 3 rings (SSSR count). The van der Waals surface area contributed by atoms with Crippen LogP contribution in [-0.2, 0) is 20.0 Å². The topological polar surface area (TPSA) is 118 Å². The number of aryl methyl sites for hydroxylation is 1. The van der Waals surface area contributed by atoms with Crippen LogP contribution in [0.5, 0.6) is 0 Å². The van der Waals surface area contributed by atoms with Crippen molar-refractivity contribution < 1.29 is 16.8 Å². The van der Waals surface area contributed by atoms with Crippen molar-refractivity contribution in [3.63, 3.8) is 0 Å². The number of rotatable bonds is 8. The minimum atomic E-state index is -3.88. The van der Waals surface area contributed by atoms with Crippen LogP contribution in [0.3, 0.4) is 0 Å². The maximum absolute atomic E-state index is 12.7. The molecule has 0 aliphatic carbocycles. The molecule has 0 radical (unpaired) electrons. The Morgan fingerprint density at radius 3 is 1.94 bits per heavy atom. The monoisotopic (exact) mass is 460 g/mol. The summed E-state index contributed by atoms with van der Waals surface area (Å²) in [6.07, 6.45) is 2.42. The molecule has 2 aromatic carbocycles. The molecule has 31 heavy (non-hydrogen) atoms. The number of nitrogens with one attached hydrogen (secondary N) is 2. The van der Waals surface area contributed by atoms with Crippen molar-refractivity contribution in [3.05, 3.63) is 72.2 Å². The van der Waals surface area contributed by atoms with E-state index < -0.39 is 20.0 Å². The molecule has 0 bridgehead atoms. The van der Waals surface area contributed by atoms with E-state index in [1.807, 2.05) is 0 Å². The molecule has 2 N–H and O–H groups in total. The van der Waals surface area contributed by atoms with Gasteiger partial charge >= 0.3 is 0 Å². The molecule has 1 unspecified atom stereocenters. The van der Waals surface area contributed by atoms with Gasteiger partial charge in [-0.1, -0.05) is 26.0 Å². The lowest BCUT2D eigenvalue weighted by Gasteiger charge is -2.12. The van der Waals surface area contributed by atoms with E-state index in [0.29, 0.717) is 11.7 Å². The smallest absolute Gasteiger partial charge is 0.263 e. The Hall–Kier alpha value is -2.98. The number of benzene rings is 2. The minimum Gasteiger partial charge on any atom is -0.280 e. The van der Waals surface area contributed by atoms with Crippen LogP contribution in [0.15, 0.2) is 70.6 Å². The second-order valence-corrected chi connectivity index (χ2v) is 10.5. The highest BCUT2D eigenvalue weighted by molar-refractivity contribution is 7.93. The van der Waals surface area contributed by atoms with E-state index in [4.69, 9.17) is 0 Å². The van der Waals surface area contributed by atoms with Crippen molar-refractivity contribution in [2.75, 3.05) is 9.44 Å². The van der Waals surface area contributed by atoms with Gasteiger partial charge in [0.1, 0.15) is 11.6 Å². The third-order valence-electron chi connectivity index (χ3n) is 4.80. The number of sulfonamides is 2. The maximum Gasteiger partial charge on any atom is 0.263 e. The molecule has 3 aromatic rings. The van der Waals surface area contributed by atoms with Gasteiger partial charge in [0.2, 0.25) is 0 Å². The lowest BCUT2D eigenvalue weighted by molar-refractivity contribution is 0.600. The number of hydrogen-bond acceptors (Lipinski definition) is 6. The molecule has 8 nitrogen and oxygen atoms in total. The molecule has 10 heteroatoms. The third-order valence-corrected chi connectivity index (χ3v) is 7.57. The van der Waals surface area contributed by atoms with E-state index in [2.05, 4.69) is 33.3 Å². The predicted molar refractivity (Wildman–Crippen MR) is 120 cm³/mol. The highest BCUT2D eigenvalue weighted by atomic mass is 32.2. The van der Waals surface area contributed by atoms with E-state index >= 15 is 0 Å². The van der Waals surface area contributed by atoms with Crippen LogP contribution in [0.2, 0.25) is 0 Å². The van der Waals surface area contributed by atoms with Crippen molar-refractivity contribution >= 4 is 31.6 Å². The normalized spacial score (nSPS) is 12.9.